The van der Waals surface area contributed by atoms with Crippen molar-refractivity contribution in [2.75, 3.05) is 35.6 Å². The number of nitrogens with zero attached hydrogens (tertiary/aromatic N) is 2. The summed E-state index contributed by atoms with van der Waals surface area (Å²) in [7, 11) is 0. The van der Waals surface area contributed by atoms with Crippen molar-refractivity contribution in [1.82, 2.24) is 10.3 Å². The Morgan fingerprint density at radius 3 is 2.50 bits per heavy atom. The van der Waals surface area contributed by atoms with Gasteiger partial charge >= 0.3 is 5.97 Å². The highest BCUT2D eigenvalue weighted by Crippen LogP contribution is 2.37. The number of nitrogens with one attached hydrogen (secondary N) is 2. The summed E-state index contributed by atoms with van der Waals surface area (Å²) in [6.45, 7) is 3.80. The van der Waals surface area contributed by atoms with Crippen molar-refractivity contribution in [1.29, 1.82) is 0 Å². The number of amides is 2. The minimum absolute atomic E-state index is 0.136. The van der Waals surface area contributed by atoms with E-state index in [9.17, 15) is 19.5 Å². The highest BCUT2D eigenvalue weighted by Gasteiger charge is 2.24. The van der Waals surface area contributed by atoms with Crippen molar-refractivity contribution in [3.63, 3.8) is 0 Å². The monoisotopic (exact) mass is 510 g/mol. The molecule has 0 saturated carbocycles. The van der Waals surface area contributed by atoms with E-state index in [0.717, 1.165) is 66.9 Å². The van der Waals surface area contributed by atoms with Crippen LogP contribution in [-0.4, -0.2) is 53.6 Å². The van der Waals surface area contributed by atoms with Crippen molar-refractivity contribution in [2.45, 2.75) is 38.6 Å². The second kappa shape index (κ2) is 10.9. The number of pyridine rings is 1. The molecule has 36 heavy (non-hydrogen) atoms. The van der Waals surface area contributed by atoms with Crippen molar-refractivity contribution in [2.24, 2.45) is 5.73 Å². The topological polar surface area (TPSA) is 164 Å². The standard InChI is InChI=1S/C25H30N6O4S/c1-2-3-15-12-18(30-24-20(15)21(26)22(36-24)25(34)35)31-10-8-16(9-11-31)28-13-19(32)29-17-6-4-14(5-7-17)23(27)33/h4-7,12,16,28H,2-3,8-11,13,26H2,1H3,(H2,27,33)(H,29,32)(H,34,35). The lowest BCUT2D eigenvalue weighted by molar-refractivity contribution is -0.115. The number of carboxylic acids is 1. The second-order valence-corrected chi connectivity index (χ2v) is 9.85. The van der Waals surface area contributed by atoms with Crippen LogP contribution in [0.3, 0.4) is 0 Å². The molecule has 0 atom stereocenters. The normalized spacial score (nSPS) is 14.2. The smallest absolute Gasteiger partial charge is 0.348 e. The van der Waals surface area contributed by atoms with E-state index in [1.165, 1.54) is 0 Å². The van der Waals surface area contributed by atoms with Gasteiger partial charge in [-0.05, 0) is 55.2 Å². The van der Waals surface area contributed by atoms with Crippen molar-refractivity contribution in [3.8, 4) is 0 Å². The number of aromatic carboxylic acids is 1. The molecular formula is C25H30N6O4S. The summed E-state index contributed by atoms with van der Waals surface area (Å²) in [5.74, 6) is -0.870. The Balaban J connectivity index is 1.35. The predicted octanol–water partition coefficient (Wildman–Crippen LogP) is 2.83. The number of aryl methyl sites for hydroxylation is 1. The van der Waals surface area contributed by atoms with Gasteiger partial charge in [0, 0.05) is 35.8 Å². The molecule has 1 fully saturated rings. The van der Waals surface area contributed by atoms with Crippen LogP contribution in [0.15, 0.2) is 30.3 Å². The molecular weight excluding hydrogens is 480 g/mol. The fourth-order valence-corrected chi connectivity index (χ4v) is 5.42. The highest BCUT2D eigenvalue weighted by molar-refractivity contribution is 7.21. The van der Waals surface area contributed by atoms with Gasteiger partial charge in [0.25, 0.3) is 0 Å². The molecule has 1 saturated heterocycles. The van der Waals surface area contributed by atoms with Crippen LogP contribution < -0.4 is 27.0 Å². The fourth-order valence-electron chi connectivity index (χ4n) is 4.44. The van der Waals surface area contributed by atoms with Gasteiger partial charge in [-0.2, -0.15) is 0 Å². The molecule has 7 N–H and O–H groups in total. The molecule has 0 radical (unpaired) electrons. The number of rotatable bonds is 9. The highest BCUT2D eigenvalue weighted by atomic mass is 32.1. The minimum atomic E-state index is -1.03. The number of nitrogen functional groups attached to an aromatic ring is 1. The van der Waals surface area contributed by atoms with E-state index in [1.807, 2.05) is 6.07 Å². The zero-order chi connectivity index (χ0) is 25.8. The number of fused-ring (bicyclic) bond motifs is 1. The zero-order valence-corrected chi connectivity index (χ0v) is 20.9. The number of aromatic nitrogens is 1. The summed E-state index contributed by atoms with van der Waals surface area (Å²) in [5.41, 5.74) is 13.7. The van der Waals surface area contributed by atoms with E-state index in [0.29, 0.717) is 21.8 Å². The molecule has 1 aliphatic heterocycles. The molecule has 4 rings (SSSR count). The third-order valence-corrected chi connectivity index (χ3v) is 7.39. The van der Waals surface area contributed by atoms with Crippen molar-refractivity contribution >= 4 is 56.5 Å². The van der Waals surface area contributed by atoms with Gasteiger partial charge in [0.05, 0.1) is 12.2 Å². The average Bonchev–Trinajstić information content (AvgIpc) is 3.20. The number of hydrogen-bond acceptors (Lipinski definition) is 8. The summed E-state index contributed by atoms with van der Waals surface area (Å²) in [5, 5.41) is 16.4. The molecule has 0 bridgehead atoms. The van der Waals surface area contributed by atoms with Gasteiger partial charge in [0.2, 0.25) is 11.8 Å². The Labute approximate surface area is 212 Å². The van der Waals surface area contributed by atoms with Gasteiger partial charge < -0.3 is 32.1 Å². The average molecular weight is 511 g/mol. The Morgan fingerprint density at radius 2 is 1.89 bits per heavy atom. The number of hydrogen-bond donors (Lipinski definition) is 5. The lowest BCUT2D eigenvalue weighted by Gasteiger charge is -2.33. The lowest BCUT2D eigenvalue weighted by atomic mass is 10.0. The molecule has 3 heterocycles. The third-order valence-electron chi connectivity index (χ3n) is 6.30. The van der Waals surface area contributed by atoms with Gasteiger partial charge in [-0.1, -0.05) is 13.3 Å². The minimum Gasteiger partial charge on any atom is -0.477 e. The molecule has 3 aromatic rings. The van der Waals surface area contributed by atoms with E-state index < -0.39 is 11.9 Å². The first-order valence-electron chi connectivity index (χ1n) is 11.9. The predicted molar refractivity (Wildman–Crippen MR) is 142 cm³/mol. The molecule has 11 heteroatoms. The Morgan fingerprint density at radius 1 is 1.19 bits per heavy atom. The maximum atomic E-state index is 12.3. The first-order valence-corrected chi connectivity index (χ1v) is 12.7. The SMILES string of the molecule is CCCc1cc(N2CCC(NCC(=O)Nc3ccc(C(N)=O)cc3)CC2)nc2sc(C(=O)O)c(N)c12. The number of anilines is 3. The first-order chi connectivity index (χ1) is 17.3. The molecule has 2 amide bonds. The van der Waals surface area contributed by atoms with Crippen molar-refractivity contribution in [3.05, 3.63) is 46.3 Å². The summed E-state index contributed by atoms with van der Waals surface area (Å²) < 4.78 is 0. The van der Waals surface area contributed by atoms with E-state index in [-0.39, 0.29) is 23.4 Å². The van der Waals surface area contributed by atoms with Crippen LogP contribution in [0.1, 0.15) is 51.8 Å². The molecule has 190 valence electrons. The number of carboxylic acid groups (broad SMARTS) is 1. The van der Waals surface area contributed by atoms with Gasteiger partial charge in [-0.25, -0.2) is 9.78 Å². The second-order valence-electron chi connectivity index (χ2n) is 8.85. The van der Waals surface area contributed by atoms with E-state index in [1.54, 1.807) is 24.3 Å². The van der Waals surface area contributed by atoms with Crippen molar-refractivity contribution < 1.29 is 19.5 Å². The number of carbonyl (C=O) groups is 3. The molecule has 0 unspecified atom stereocenters. The quantitative estimate of drug-likeness (QED) is 0.293. The number of thiophene rings is 1. The van der Waals surface area contributed by atoms with Gasteiger partial charge in [0.15, 0.2) is 0 Å². The Hall–Kier alpha value is -3.70. The summed E-state index contributed by atoms with van der Waals surface area (Å²) >= 11 is 1.12. The molecule has 2 aromatic heterocycles. The Bertz CT molecular complexity index is 1280. The van der Waals surface area contributed by atoms with Crippen LogP contribution in [0.2, 0.25) is 0 Å². The summed E-state index contributed by atoms with van der Waals surface area (Å²) in [6.07, 6.45) is 3.40. The summed E-state index contributed by atoms with van der Waals surface area (Å²) in [6, 6.07) is 8.67. The van der Waals surface area contributed by atoms with E-state index in [4.69, 9.17) is 16.5 Å². The fraction of sp³-hybridized carbons (Fsp3) is 0.360. The molecule has 0 aliphatic carbocycles. The molecule has 10 nitrogen and oxygen atoms in total. The Kier molecular flexibility index (Phi) is 7.70. The van der Waals surface area contributed by atoms with Crippen LogP contribution in [-0.2, 0) is 11.2 Å². The molecule has 1 aromatic carbocycles. The lowest BCUT2D eigenvalue weighted by Crippen LogP contribution is -2.45. The van der Waals surface area contributed by atoms with Gasteiger partial charge in [-0.3, -0.25) is 9.59 Å². The zero-order valence-electron chi connectivity index (χ0n) is 20.0. The van der Waals surface area contributed by atoms with E-state index in [2.05, 4.69) is 22.5 Å². The molecule has 1 aliphatic rings. The van der Waals surface area contributed by atoms with Crippen LogP contribution in [0, 0.1) is 0 Å². The third kappa shape index (κ3) is 5.58. The van der Waals surface area contributed by atoms with Gasteiger partial charge in [0.1, 0.15) is 15.5 Å². The first kappa shape index (κ1) is 25.4. The number of piperidine rings is 1. The number of benzene rings is 1. The number of carbonyl (C=O) groups excluding carboxylic acids is 2. The summed E-state index contributed by atoms with van der Waals surface area (Å²) in [4.78, 5) is 42.8. The maximum absolute atomic E-state index is 12.3. The number of nitrogens with two attached hydrogens (primary N) is 2. The van der Waals surface area contributed by atoms with Crippen LogP contribution >= 0.6 is 11.3 Å². The maximum Gasteiger partial charge on any atom is 0.348 e. The number of primary amides is 1. The van der Waals surface area contributed by atoms with E-state index >= 15 is 0 Å². The van der Waals surface area contributed by atoms with Crippen LogP contribution in [0.25, 0.3) is 10.2 Å². The molecule has 0 spiro atoms. The van der Waals surface area contributed by atoms with Gasteiger partial charge in [-0.15, -0.1) is 11.3 Å². The van der Waals surface area contributed by atoms with Crippen LogP contribution in [0.4, 0.5) is 17.2 Å². The largest absolute Gasteiger partial charge is 0.477 e. The van der Waals surface area contributed by atoms with Crippen LogP contribution in [0.5, 0.6) is 0 Å².